The third kappa shape index (κ3) is 3.18. The SMILES string of the molecule is CCS(=O)(=O)N1CCCCC1CC(=O)OC. The van der Waals surface area contributed by atoms with Gasteiger partial charge in [-0.25, -0.2) is 8.42 Å². The van der Waals surface area contributed by atoms with Crippen LogP contribution in [0.4, 0.5) is 0 Å². The van der Waals surface area contributed by atoms with Crippen LogP contribution in [0.25, 0.3) is 0 Å². The van der Waals surface area contributed by atoms with Gasteiger partial charge in [0.1, 0.15) is 0 Å². The Labute approximate surface area is 96.8 Å². The van der Waals surface area contributed by atoms with E-state index in [-0.39, 0.29) is 24.2 Å². The number of nitrogens with zero attached hydrogens (tertiary/aromatic N) is 1. The fourth-order valence-corrected chi connectivity index (χ4v) is 3.36. The molecule has 0 radical (unpaired) electrons. The van der Waals surface area contributed by atoms with Crippen LogP contribution in [0.3, 0.4) is 0 Å². The average Bonchev–Trinajstić information content (AvgIpc) is 2.29. The second-order valence-electron chi connectivity index (χ2n) is 3.94. The van der Waals surface area contributed by atoms with Crippen molar-refractivity contribution in [3.8, 4) is 0 Å². The minimum absolute atomic E-state index is 0.0880. The lowest BCUT2D eigenvalue weighted by Gasteiger charge is -2.33. The molecule has 0 N–H and O–H groups in total. The predicted octanol–water partition coefficient (Wildman–Crippen LogP) is 0.754. The molecular formula is C10H19NO4S. The van der Waals surface area contributed by atoms with E-state index in [0.717, 1.165) is 19.3 Å². The zero-order valence-electron chi connectivity index (χ0n) is 9.81. The molecule has 0 spiro atoms. The third-order valence-electron chi connectivity index (χ3n) is 2.93. The van der Waals surface area contributed by atoms with Crippen molar-refractivity contribution in [2.45, 2.75) is 38.6 Å². The fraction of sp³-hybridized carbons (Fsp3) is 0.900. The van der Waals surface area contributed by atoms with Crippen LogP contribution in [0.5, 0.6) is 0 Å². The summed E-state index contributed by atoms with van der Waals surface area (Å²) in [4.78, 5) is 11.2. The normalized spacial score (nSPS) is 23.0. The molecule has 1 rings (SSSR count). The monoisotopic (exact) mass is 249 g/mol. The molecule has 0 saturated carbocycles. The third-order valence-corrected chi connectivity index (χ3v) is 4.85. The van der Waals surface area contributed by atoms with Crippen molar-refractivity contribution in [1.29, 1.82) is 0 Å². The zero-order chi connectivity index (χ0) is 12.2. The first kappa shape index (κ1) is 13.4. The molecule has 0 aromatic heterocycles. The molecule has 1 aliphatic heterocycles. The Balaban J connectivity index is 2.75. The molecule has 5 nitrogen and oxygen atoms in total. The number of hydrogen-bond donors (Lipinski definition) is 0. The van der Waals surface area contributed by atoms with Gasteiger partial charge < -0.3 is 4.74 Å². The van der Waals surface area contributed by atoms with E-state index in [9.17, 15) is 13.2 Å². The number of esters is 1. The van der Waals surface area contributed by atoms with Crippen molar-refractivity contribution >= 4 is 16.0 Å². The molecule has 16 heavy (non-hydrogen) atoms. The van der Waals surface area contributed by atoms with Crippen LogP contribution in [0.15, 0.2) is 0 Å². The number of sulfonamides is 1. The predicted molar refractivity (Wildman–Crippen MR) is 60.4 cm³/mol. The molecule has 1 atom stereocenters. The maximum Gasteiger partial charge on any atom is 0.307 e. The molecule has 0 aromatic rings. The van der Waals surface area contributed by atoms with Gasteiger partial charge in [0.2, 0.25) is 10.0 Å². The number of hydrogen-bond acceptors (Lipinski definition) is 4. The second-order valence-corrected chi connectivity index (χ2v) is 6.15. The highest BCUT2D eigenvalue weighted by Crippen LogP contribution is 2.23. The van der Waals surface area contributed by atoms with Crippen LogP contribution in [-0.4, -0.2) is 44.1 Å². The summed E-state index contributed by atoms with van der Waals surface area (Å²) in [5.41, 5.74) is 0. The molecule has 0 bridgehead atoms. The smallest absolute Gasteiger partial charge is 0.307 e. The first-order chi connectivity index (χ1) is 7.51. The highest BCUT2D eigenvalue weighted by Gasteiger charge is 2.32. The average molecular weight is 249 g/mol. The standard InChI is InChI=1S/C10H19NO4S/c1-3-16(13,14)11-7-5-4-6-9(11)8-10(12)15-2/h9H,3-8H2,1-2H3. The van der Waals surface area contributed by atoms with Gasteiger partial charge in [-0.15, -0.1) is 0 Å². The molecule has 1 heterocycles. The Hall–Kier alpha value is -0.620. The lowest BCUT2D eigenvalue weighted by Crippen LogP contribution is -2.45. The van der Waals surface area contributed by atoms with Crippen LogP contribution >= 0.6 is 0 Å². The second kappa shape index (κ2) is 5.63. The molecule has 0 aromatic carbocycles. The maximum atomic E-state index is 11.8. The van der Waals surface area contributed by atoms with Crippen molar-refractivity contribution in [3.05, 3.63) is 0 Å². The minimum atomic E-state index is -3.20. The maximum absolute atomic E-state index is 11.8. The number of piperidine rings is 1. The largest absolute Gasteiger partial charge is 0.469 e. The summed E-state index contributed by atoms with van der Waals surface area (Å²) in [7, 11) is -1.88. The molecule has 6 heteroatoms. The van der Waals surface area contributed by atoms with E-state index in [2.05, 4.69) is 4.74 Å². The summed E-state index contributed by atoms with van der Waals surface area (Å²) >= 11 is 0. The molecule has 94 valence electrons. The molecule has 1 aliphatic rings. The van der Waals surface area contributed by atoms with E-state index >= 15 is 0 Å². The highest BCUT2D eigenvalue weighted by atomic mass is 32.2. The van der Waals surface area contributed by atoms with E-state index in [1.165, 1.54) is 11.4 Å². The van der Waals surface area contributed by atoms with Crippen molar-refractivity contribution in [2.24, 2.45) is 0 Å². The number of carbonyl (C=O) groups excluding carboxylic acids is 1. The first-order valence-electron chi connectivity index (χ1n) is 5.57. The topological polar surface area (TPSA) is 63.7 Å². The Kier molecular flexibility index (Phi) is 4.73. The zero-order valence-corrected chi connectivity index (χ0v) is 10.6. The number of methoxy groups -OCH3 is 1. The molecule has 0 amide bonds. The van der Waals surface area contributed by atoms with Gasteiger partial charge in [0.15, 0.2) is 0 Å². The Bertz CT molecular complexity index is 339. The fourth-order valence-electron chi connectivity index (χ4n) is 1.99. The van der Waals surface area contributed by atoms with Crippen molar-refractivity contribution in [1.82, 2.24) is 4.31 Å². The van der Waals surface area contributed by atoms with Crippen LogP contribution < -0.4 is 0 Å². The van der Waals surface area contributed by atoms with Gasteiger partial charge in [0.05, 0.1) is 19.3 Å². The number of rotatable bonds is 4. The van der Waals surface area contributed by atoms with Gasteiger partial charge in [-0.2, -0.15) is 4.31 Å². The summed E-state index contributed by atoms with van der Waals surface area (Å²) in [6, 6.07) is -0.217. The minimum Gasteiger partial charge on any atom is -0.469 e. The summed E-state index contributed by atoms with van der Waals surface area (Å²) in [5, 5.41) is 0. The highest BCUT2D eigenvalue weighted by molar-refractivity contribution is 7.89. The van der Waals surface area contributed by atoms with E-state index in [0.29, 0.717) is 6.54 Å². The van der Waals surface area contributed by atoms with Crippen LogP contribution in [0, 0.1) is 0 Å². The molecule has 1 unspecified atom stereocenters. The molecule has 1 fully saturated rings. The Morgan fingerprint density at radius 1 is 1.44 bits per heavy atom. The number of ether oxygens (including phenoxy) is 1. The van der Waals surface area contributed by atoms with Crippen molar-refractivity contribution < 1.29 is 17.9 Å². The van der Waals surface area contributed by atoms with Crippen LogP contribution in [0.1, 0.15) is 32.6 Å². The molecule has 1 saturated heterocycles. The summed E-state index contributed by atoms with van der Waals surface area (Å²) in [6.07, 6.45) is 2.75. The lowest BCUT2D eigenvalue weighted by molar-refractivity contribution is -0.141. The molecule has 0 aliphatic carbocycles. The number of carbonyl (C=O) groups is 1. The van der Waals surface area contributed by atoms with Crippen LogP contribution in [-0.2, 0) is 19.6 Å². The van der Waals surface area contributed by atoms with E-state index in [1.54, 1.807) is 6.92 Å². The summed E-state index contributed by atoms with van der Waals surface area (Å²) in [6.45, 7) is 2.15. The molecular weight excluding hydrogens is 230 g/mol. The van der Waals surface area contributed by atoms with Gasteiger partial charge in [0.25, 0.3) is 0 Å². The van der Waals surface area contributed by atoms with E-state index < -0.39 is 10.0 Å². The van der Waals surface area contributed by atoms with Gasteiger partial charge in [0, 0.05) is 12.6 Å². The lowest BCUT2D eigenvalue weighted by atomic mass is 10.0. The Morgan fingerprint density at radius 3 is 2.69 bits per heavy atom. The van der Waals surface area contributed by atoms with Gasteiger partial charge in [-0.05, 0) is 19.8 Å². The van der Waals surface area contributed by atoms with Gasteiger partial charge in [-0.3, -0.25) is 4.79 Å². The Morgan fingerprint density at radius 2 is 2.12 bits per heavy atom. The van der Waals surface area contributed by atoms with E-state index in [4.69, 9.17) is 0 Å². The van der Waals surface area contributed by atoms with Gasteiger partial charge >= 0.3 is 5.97 Å². The van der Waals surface area contributed by atoms with Gasteiger partial charge in [-0.1, -0.05) is 6.42 Å². The quantitative estimate of drug-likeness (QED) is 0.690. The first-order valence-corrected chi connectivity index (χ1v) is 7.18. The summed E-state index contributed by atoms with van der Waals surface area (Å²) in [5.74, 6) is -0.256. The summed E-state index contributed by atoms with van der Waals surface area (Å²) < 4.78 is 29.7. The van der Waals surface area contributed by atoms with E-state index in [1.807, 2.05) is 0 Å². The van der Waals surface area contributed by atoms with Crippen molar-refractivity contribution in [3.63, 3.8) is 0 Å². The van der Waals surface area contributed by atoms with Crippen LogP contribution in [0.2, 0.25) is 0 Å². The van der Waals surface area contributed by atoms with Crippen molar-refractivity contribution in [2.75, 3.05) is 19.4 Å².